The van der Waals surface area contributed by atoms with Crippen molar-refractivity contribution in [3.8, 4) is 33.4 Å². The highest BCUT2D eigenvalue weighted by Crippen LogP contribution is 2.52. The Morgan fingerprint density at radius 1 is 0.603 bits per heavy atom. The number of nitrogens with one attached hydrogen (secondary N) is 4. The predicted octanol–water partition coefficient (Wildman–Crippen LogP) is 9.65. The second-order valence-corrected chi connectivity index (χ2v) is 21.4. The van der Waals surface area contributed by atoms with Crippen molar-refractivity contribution in [2.75, 3.05) is 0 Å². The molecule has 68 heavy (non-hydrogen) atoms. The quantitative estimate of drug-likeness (QED) is 0.106. The Labute approximate surface area is 401 Å². The Morgan fingerprint density at radius 2 is 1.06 bits per heavy atom. The van der Waals surface area contributed by atoms with Gasteiger partial charge in [0.15, 0.2) is 0 Å². The van der Waals surface area contributed by atoms with E-state index in [1.165, 1.54) is 84.2 Å². The molecule has 16 nitrogen and oxygen atoms in total. The summed E-state index contributed by atoms with van der Waals surface area (Å²) in [6.07, 6.45) is 10.1. The Kier molecular flexibility index (Phi) is 10.7. The molecule has 4 saturated carbocycles. The lowest BCUT2D eigenvalue weighted by atomic mass is 9.76. The van der Waals surface area contributed by atoms with E-state index in [9.17, 15) is 9.59 Å². The molecule has 7 heterocycles. The van der Waals surface area contributed by atoms with Gasteiger partial charge in [-0.1, -0.05) is 16.4 Å². The molecule has 6 aromatic heterocycles. The third kappa shape index (κ3) is 7.95. The van der Waals surface area contributed by atoms with Crippen molar-refractivity contribution < 1.29 is 18.4 Å². The Balaban J connectivity index is 0.000000119. The number of imidazole rings is 2. The summed E-state index contributed by atoms with van der Waals surface area (Å²) < 4.78 is 28.6. The molecule has 1 saturated heterocycles. The zero-order valence-electron chi connectivity index (χ0n) is 40.4. The molecule has 13 rings (SSSR count). The number of rotatable bonds is 8. The number of aromatic nitrogens is 10. The first-order valence-electron chi connectivity index (χ1n) is 23.9. The van der Waals surface area contributed by atoms with E-state index in [-0.39, 0.29) is 11.4 Å². The number of H-pyrrole nitrogens is 4. The second kappa shape index (κ2) is 16.2. The van der Waals surface area contributed by atoms with E-state index in [4.69, 9.17) is 23.5 Å². The Bertz CT molecular complexity index is 3340. The third-order valence-electron chi connectivity index (χ3n) is 14.7. The zero-order chi connectivity index (χ0) is 47.7. The van der Waals surface area contributed by atoms with Crippen LogP contribution in [-0.4, -0.2) is 68.1 Å². The molecule has 0 unspecified atom stereocenters. The van der Waals surface area contributed by atoms with Crippen LogP contribution in [0.1, 0.15) is 148 Å². The van der Waals surface area contributed by atoms with Crippen LogP contribution >= 0.6 is 15.9 Å². The first kappa shape index (κ1) is 44.8. The molecule has 354 valence electrons. The van der Waals surface area contributed by atoms with Gasteiger partial charge in [-0.05, 0) is 152 Å². The van der Waals surface area contributed by atoms with Crippen LogP contribution < -0.4 is 16.8 Å². The molecular weight excluding hydrogens is 927 g/mol. The van der Waals surface area contributed by atoms with E-state index in [1.807, 2.05) is 73.6 Å². The van der Waals surface area contributed by atoms with Crippen LogP contribution in [0.4, 0.5) is 0 Å². The molecule has 0 amide bonds. The Morgan fingerprint density at radius 3 is 1.57 bits per heavy atom. The molecule has 5 aliphatic rings. The highest BCUT2D eigenvalue weighted by Gasteiger charge is 2.52. The summed E-state index contributed by atoms with van der Waals surface area (Å²) in [4.78, 5) is 35.8. The second-order valence-electron chi connectivity index (χ2n) is 20.7. The summed E-state index contributed by atoms with van der Waals surface area (Å²) in [6, 6.07) is 8.07. The van der Waals surface area contributed by atoms with Crippen molar-refractivity contribution in [3.05, 3.63) is 95.4 Å². The smallest absolute Gasteiger partial charge is 0.399 e. The van der Waals surface area contributed by atoms with Crippen molar-refractivity contribution in [2.45, 2.75) is 142 Å². The molecule has 2 aromatic carbocycles. The SMILES string of the molecule is Cc1noc(C)c1-c1cc(-c2c(C3CC3)nn(C)c2C2CC2)c2[nH]c(=O)[nH]c2c1.Cc1noc(C)c1-c1cc(B2OC(C)(C)C(C)(C)O2)c2[nH]c(=O)[nH]c2c1.Cn1nc(C2CC2)c(Br)c1C1CC1. The van der Waals surface area contributed by atoms with Crippen molar-refractivity contribution in [3.63, 3.8) is 0 Å². The fourth-order valence-corrected chi connectivity index (χ4v) is 11.0. The maximum absolute atomic E-state index is 12.2. The zero-order valence-corrected chi connectivity index (χ0v) is 41.9. The maximum atomic E-state index is 12.2. The van der Waals surface area contributed by atoms with Gasteiger partial charge in [-0.25, -0.2) is 9.59 Å². The molecule has 1 aliphatic heterocycles. The summed E-state index contributed by atoms with van der Waals surface area (Å²) in [7, 11) is 3.54. The first-order chi connectivity index (χ1) is 32.4. The van der Waals surface area contributed by atoms with Gasteiger partial charge in [0, 0.05) is 71.2 Å². The van der Waals surface area contributed by atoms with Crippen LogP contribution in [0.2, 0.25) is 0 Å². The van der Waals surface area contributed by atoms with E-state index in [1.54, 1.807) is 0 Å². The number of halogens is 1. The molecule has 4 aliphatic carbocycles. The van der Waals surface area contributed by atoms with Crippen molar-refractivity contribution in [1.82, 2.24) is 49.8 Å². The summed E-state index contributed by atoms with van der Waals surface area (Å²) in [5, 5.41) is 17.7. The molecule has 5 fully saturated rings. The van der Waals surface area contributed by atoms with Gasteiger partial charge in [0.05, 0.1) is 66.2 Å². The maximum Gasteiger partial charge on any atom is 0.497 e. The Hall–Kier alpha value is -5.72. The fraction of sp³-hybridized carbons (Fsp3) is 0.480. The molecule has 4 N–H and O–H groups in total. The average molecular weight is 986 g/mol. The van der Waals surface area contributed by atoms with Gasteiger partial charge in [0.2, 0.25) is 0 Å². The fourth-order valence-electron chi connectivity index (χ4n) is 10.00. The van der Waals surface area contributed by atoms with Gasteiger partial charge in [-0.2, -0.15) is 10.2 Å². The first-order valence-corrected chi connectivity index (χ1v) is 24.7. The molecule has 0 atom stereocenters. The summed E-state index contributed by atoms with van der Waals surface area (Å²) in [5.74, 6) is 4.12. The largest absolute Gasteiger partial charge is 0.497 e. The van der Waals surface area contributed by atoms with Crippen molar-refractivity contribution in [1.29, 1.82) is 0 Å². The van der Waals surface area contributed by atoms with E-state index in [2.05, 4.69) is 80.8 Å². The lowest BCUT2D eigenvalue weighted by Gasteiger charge is -2.32. The number of fused-ring (bicyclic) bond motifs is 2. The summed E-state index contributed by atoms with van der Waals surface area (Å²) >= 11 is 3.70. The molecule has 8 aromatic rings. The average Bonchev–Trinajstić information content (AvgIpc) is 4.15. The van der Waals surface area contributed by atoms with Gasteiger partial charge in [-0.3, -0.25) is 9.36 Å². The molecule has 0 spiro atoms. The minimum Gasteiger partial charge on any atom is -0.399 e. The monoisotopic (exact) mass is 984 g/mol. The number of aromatic amines is 4. The van der Waals surface area contributed by atoms with E-state index >= 15 is 0 Å². The van der Waals surface area contributed by atoms with Crippen LogP contribution in [-0.2, 0) is 23.4 Å². The van der Waals surface area contributed by atoms with Crippen LogP contribution in [0.3, 0.4) is 0 Å². The van der Waals surface area contributed by atoms with Gasteiger partial charge >= 0.3 is 18.5 Å². The lowest BCUT2D eigenvalue weighted by molar-refractivity contribution is 0.00578. The van der Waals surface area contributed by atoms with E-state index < -0.39 is 18.3 Å². The lowest BCUT2D eigenvalue weighted by Crippen LogP contribution is -2.41. The van der Waals surface area contributed by atoms with Crippen LogP contribution in [0.25, 0.3) is 55.4 Å². The van der Waals surface area contributed by atoms with Crippen molar-refractivity contribution in [2.24, 2.45) is 14.1 Å². The topological polar surface area (TPSA) is 203 Å². The molecule has 0 bridgehead atoms. The number of benzene rings is 2. The minimum absolute atomic E-state index is 0.193. The number of aryl methyl sites for hydroxylation is 6. The van der Waals surface area contributed by atoms with Crippen LogP contribution in [0, 0.1) is 27.7 Å². The number of hydrogen-bond acceptors (Lipinski definition) is 10. The summed E-state index contributed by atoms with van der Waals surface area (Å²) in [6.45, 7) is 15.6. The molecular formula is C50H58BBrN10O6. The highest BCUT2D eigenvalue weighted by atomic mass is 79.9. The summed E-state index contributed by atoms with van der Waals surface area (Å²) in [5.41, 5.74) is 15.3. The van der Waals surface area contributed by atoms with E-state index in [0.29, 0.717) is 22.9 Å². The molecule has 0 radical (unpaired) electrons. The van der Waals surface area contributed by atoms with Crippen LogP contribution in [0.15, 0.2) is 47.4 Å². The van der Waals surface area contributed by atoms with Crippen LogP contribution in [0.5, 0.6) is 0 Å². The van der Waals surface area contributed by atoms with Crippen molar-refractivity contribution >= 4 is 50.6 Å². The standard InChI is InChI=1S/C22H23N5O2.C18H22BN3O4.C10H13BrN2/c1-10-17(11(2)29-26-10)14-8-15(20-16(9-14)23-22(28)24-20)18-19(12-4-5-12)25-27(3)21(18)13-6-7-13;1-9-14(10(2)24-22-9)11-7-12(15-13(8-11)20-16(23)21-15)19-25-17(3,4)18(5,6)26-19;1-13-10(7-4-5-7)8(11)9(12-13)6-2-3-6/h8-9,12-13H,4-7H2,1-3H3,(H2,23,24,28);7-8H,1-6H3,(H2,20,21,23);6-7H,2-5H2,1H3. The molecule has 18 heteroatoms. The number of hydrogen-bond donors (Lipinski definition) is 4. The van der Waals surface area contributed by atoms with Gasteiger partial charge < -0.3 is 38.3 Å². The third-order valence-corrected chi connectivity index (χ3v) is 15.5. The van der Waals surface area contributed by atoms with Gasteiger partial charge in [0.25, 0.3) is 0 Å². The van der Waals surface area contributed by atoms with Gasteiger partial charge in [0.1, 0.15) is 11.5 Å². The highest BCUT2D eigenvalue weighted by molar-refractivity contribution is 9.10. The van der Waals surface area contributed by atoms with E-state index in [0.717, 1.165) is 79.1 Å². The minimum atomic E-state index is -0.589. The number of nitrogens with zero attached hydrogens (tertiary/aromatic N) is 6. The predicted molar refractivity (Wildman–Crippen MR) is 265 cm³/mol. The van der Waals surface area contributed by atoms with Gasteiger partial charge in [-0.15, -0.1) is 0 Å². The normalized spacial score (nSPS) is 18.6.